The molecule has 0 atom stereocenters. The standard InChI is InChI=1S/C36H30N4O18S4.2Cu.4Na/c1-3-57-27-15-21(59(45,46)47)9-19-13-29(61(51,52)53)33(35(43)31(19)27)39-37-23-7-5-17(11-25(23)41)18-6-8-24(26(42)12-18)38-40-34-30(62(54,55)56)14-20-10-22(60(48,49)50)16-28(58-4-2)32(20)36(34)44;;;;;;/h5-16,41-44H,3-4H2,1-2H3,(H,45,46,47)(H,48,49,50)(H,51,52,53)(H,54,55,56);;;;;;/q;;;4*+1. The molecule has 32 heteroatoms. The van der Waals surface area contributed by atoms with Crippen LogP contribution >= 0.6 is 0 Å². The van der Waals surface area contributed by atoms with Crippen molar-refractivity contribution in [2.24, 2.45) is 20.5 Å². The van der Waals surface area contributed by atoms with Gasteiger partial charge in [-0.05, 0) is 84.3 Å². The summed E-state index contributed by atoms with van der Waals surface area (Å²) in [6, 6.07) is 12.3. The van der Waals surface area contributed by atoms with E-state index in [0.29, 0.717) is 0 Å². The molecule has 6 rings (SSSR count). The molecule has 22 nitrogen and oxygen atoms in total. The van der Waals surface area contributed by atoms with Crippen LogP contribution in [0.4, 0.5) is 22.7 Å². The SMILES string of the molecule is CCOc1cc(S(=O)(=O)O)cc2cc(S(=O)(=O)O)c(N=Nc3ccc(-c4ccc(N=Nc5c(S(=O)(=O)O)cc6cc(S(=O)(=O)O)cc(OCC)c6c5O)c(O)c4)cc3O)c(O)c12.[Cu].[Cu].[Na+].[Na+].[Na+].[Na+]. The zero-order valence-electron chi connectivity index (χ0n) is 36.0. The summed E-state index contributed by atoms with van der Waals surface area (Å²) in [5, 5.41) is 58.0. The zero-order chi connectivity index (χ0) is 45.7. The molecule has 0 fully saturated rings. The summed E-state index contributed by atoms with van der Waals surface area (Å²) in [4.78, 5) is -3.48. The van der Waals surface area contributed by atoms with Gasteiger partial charge in [-0.3, -0.25) is 18.2 Å². The minimum atomic E-state index is -5.18. The van der Waals surface area contributed by atoms with Crippen LogP contribution in [0, 0.1) is 0 Å². The van der Waals surface area contributed by atoms with E-state index in [9.17, 15) is 72.3 Å². The molecule has 0 bridgehead atoms. The largest absolute Gasteiger partial charge is 1.00 e. The van der Waals surface area contributed by atoms with E-state index < -0.39 is 94.4 Å². The summed E-state index contributed by atoms with van der Waals surface area (Å²) >= 11 is 0. The van der Waals surface area contributed by atoms with Crippen LogP contribution in [0.5, 0.6) is 34.5 Å². The predicted molar refractivity (Wildman–Crippen MR) is 216 cm³/mol. The first-order valence-corrected chi connectivity index (χ1v) is 22.9. The van der Waals surface area contributed by atoms with Gasteiger partial charge in [0.25, 0.3) is 40.5 Å². The third-order valence-corrected chi connectivity index (χ3v) is 12.1. The molecule has 68 heavy (non-hydrogen) atoms. The van der Waals surface area contributed by atoms with Gasteiger partial charge >= 0.3 is 118 Å². The Morgan fingerprint density at radius 1 is 0.456 bits per heavy atom. The van der Waals surface area contributed by atoms with Crippen LogP contribution in [0.25, 0.3) is 32.7 Å². The van der Waals surface area contributed by atoms with Crippen LogP contribution in [0.1, 0.15) is 13.8 Å². The molecule has 6 aromatic carbocycles. The summed E-state index contributed by atoms with van der Waals surface area (Å²) in [6.07, 6.45) is 0. The molecule has 0 saturated heterocycles. The maximum atomic E-state index is 12.4. The molecule has 0 heterocycles. The molecule has 0 aromatic heterocycles. The van der Waals surface area contributed by atoms with Crippen LogP contribution in [0.15, 0.2) is 113 Å². The number of ether oxygens (including phenoxy) is 2. The summed E-state index contributed by atoms with van der Waals surface area (Å²) in [7, 11) is -20.1. The molecule has 0 spiro atoms. The van der Waals surface area contributed by atoms with Crippen LogP contribution in [0.3, 0.4) is 0 Å². The fraction of sp³-hybridized carbons (Fsp3) is 0.111. The van der Waals surface area contributed by atoms with Crippen LogP contribution in [-0.4, -0.2) is 85.5 Å². The maximum absolute atomic E-state index is 12.4. The first-order valence-electron chi connectivity index (χ1n) is 17.2. The number of nitrogens with zero attached hydrogens (tertiary/aromatic N) is 4. The Kier molecular flexibility index (Phi) is 25.4. The molecular weight excluding hydrogens is 1120 g/mol. The van der Waals surface area contributed by atoms with Gasteiger partial charge < -0.3 is 29.9 Å². The fourth-order valence-corrected chi connectivity index (χ4v) is 8.43. The molecule has 8 N–H and O–H groups in total. The number of phenolic OH excluding ortho intramolecular Hbond substituents is 4. The van der Waals surface area contributed by atoms with Crippen molar-refractivity contribution >= 4 is 84.8 Å². The Morgan fingerprint density at radius 2 is 0.779 bits per heavy atom. The van der Waals surface area contributed by atoms with Crippen molar-refractivity contribution in [3.05, 3.63) is 72.8 Å². The molecule has 348 valence electrons. The van der Waals surface area contributed by atoms with Crippen molar-refractivity contribution in [2.45, 2.75) is 33.4 Å². The molecule has 2 radical (unpaired) electrons. The van der Waals surface area contributed by atoms with Gasteiger partial charge in [-0.25, -0.2) is 0 Å². The molecule has 0 aliphatic heterocycles. The third-order valence-electron chi connectivity index (χ3n) is 8.73. The Balaban J connectivity index is 0.00000748. The zero-order valence-corrected chi connectivity index (χ0v) is 49.2. The van der Waals surface area contributed by atoms with E-state index in [0.717, 1.165) is 48.5 Å². The first-order chi connectivity index (χ1) is 28.8. The number of azo groups is 2. The van der Waals surface area contributed by atoms with E-state index in [2.05, 4.69) is 20.5 Å². The molecule has 6 aromatic rings. The molecule has 0 aliphatic carbocycles. The fourth-order valence-electron chi connectivity index (χ4n) is 6.05. The quantitative estimate of drug-likeness (QED) is 0.0305. The summed E-state index contributed by atoms with van der Waals surface area (Å²) in [6.45, 7) is 2.90. The van der Waals surface area contributed by atoms with Gasteiger partial charge in [0.2, 0.25) is 0 Å². The Labute approximate surface area is 497 Å². The van der Waals surface area contributed by atoms with E-state index in [1.165, 1.54) is 38.1 Å². The summed E-state index contributed by atoms with van der Waals surface area (Å²) in [5.74, 6) is -3.61. The molecule has 0 amide bonds. The van der Waals surface area contributed by atoms with Gasteiger partial charge in [-0.2, -0.15) is 33.7 Å². The van der Waals surface area contributed by atoms with Crippen molar-refractivity contribution in [3.8, 4) is 45.6 Å². The second-order valence-corrected chi connectivity index (χ2v) is 18.4. The number of fused-ring (bicyclic) bond motifs is 2. The Hall–Kier alpha value is -1.48. The van der Waals surface area contributed by atoms with E-state index in [4.69, 9.17) is 9.47 Å². The topological polar surface area (TPSA) is 366 Å². The minimum absolute atomic E-state index is 0. The van der Waals surface area contributed by atoms with E-state index in [1.807, 2.05) is 0 Å². The summed E-state index contributed by atoms with van der Waals surface area (Å²) < 4.78 is 147. The number of hydrogen-bond donors (Lipinski definition) is 8. The average Bonchev–Trinajstić information content (AvgIpc) is 3.16. The number of phenols is 4. The molecule has 0 saturated carbocycles. The molecular formula is C36H30Cu2N4Na4O18S4+4. The van der Waals surface area contributed by atoms with Crippen LogP contribution in [0.2, 0.25) is 0 Å². The van der Waals surface area contributed by atoms with Crippen molar-refractivity contribution in [2.75, 3.05) is 13.2 Å². The second kappa shape index (κ2) is 25.9. The number of benzene rings is 6. The predicted octanol–water partition coefficient (Wildman–Crippen LogP) is -4.89. The Morgan fingerprint density at radius 3 is 1.04 bits per heavy atom. The van der Waals surface area contributed by atoms with E-state index >= 15 is 0 Å². The number of aromatic hydroxyl groups is 4. The van der Waals surface area contributed by atoms with Gasteiger partial charge in [-0.1, -0.05) is 12.1 Å². The summed E-state index contributed by atoms with van der Waals surface area (Å²) in [5.41, 5.74) is -1.81. The third kappa shape index (κ3) is 14.8. The van der Waals surface area contributed by atoms with Crippen LogP contribution < -0.4 is 128 Å². The maximum Gasteiger partial charge on any atom is 1.00 e. The van der Waals surface area contributed by atoms with E-state index in [-0.39, 0.29) is 221 Å². The normalized spacial score (nSPS) is 11.7. The number of rotatable bonds is 13. The van der Waals surface area contributed by atoms with Gasteiger partial charge in [0.15, 0.2) is 11.5 Å². The molecule has 0 unspecified atom stereocenters. The van der Waals surface area contributed by atoms with Gasteiger partial charge in [0.05, 0.1) is 33.8 Å². The minimum Gasteiger partial charge on any atom is -0.506 e. The average molecular weight is 1150 g/mol. The number of hydrogen-bond acceptors (Lipinski definition) is 18. The van der Waals surface area contributed by atoms with Gasteiger partial charge in [0.1, 0.15) is 55.5 Å². The van der Waals surface area contributed by atoms with Crippen LogP contribution in [-0.2, 0) is 74.6 Å². The Bertz CT molecular complexity index is 3190. The van der Waals surface area contributed by atoms with Crippen molar-refractivity contribution < 1.29 is 234 Å². The van der Waals surface area contributed by atoms with Crippen molar-refractivity contribution in [1.29, 1.82) is 0 Å². The smallest absolute Gasteiger partial charge is 0.506 e. The molecule has 0 aliphatic rings. The second-order valence-electron chi connectivity index (χ2n) is 12.8. The van der Waals surface area contributed by atoms with Gasteiger partial charge in [-0.15, -0.1) is 20.5 Å². The van der Waals surface area contributed by atoms with Crippen molar-refractivity contribution in [3.63, 3.8) is 0 Å². The monoisotopic (exact) mass is 1150 g/mol. The van der Waals surface area contributed by atoms with Crippen molar-refractivity contribution in [1.82, 2.24) is 0 Å². The van der Waals surface area contributed by atoms with Gasteiger partial charge in [0, 0.05) is 46.3 Å². The van der Waals surface area contributed by atoms with E-state index in [1.54, 1.807) is 0 Å². The first kappa shape index (κ1) is 66.5.